The zero-order chi connectivity index (χ0) is 18.0. The number of halogens is 1. The van der Waals surface area contributed by atoms with Crippen molar-refractivity contribution in [1.82, 2.24) is 0 Å². The number of amides is 1. The maximum absolute atomic E-state index is 12.9. The minimum absolute atomic E-state index is 0.179. The molecule has 0 N–H and O–H groups in total. The second-order valence-corrected chi connectivity index (χ2v) is 7.67. The zero-order valence-electron chi connectivity index (χ0n) is 13.5. The standard InChI is InChI=1S/C18H14BrNO3S2/c1-22-14-8-7-12(19)9-11(14)10-16-17(21)20(18(24)25-16)13-5-3-4-6-15(13)23-2/h3-10H,1-2H3/b16-10+. The Balaban J connectivity index is 2.01. The predicted octanol–water partition coefficient (Wildman–Crippen LogP) is 4.87. The van der Waals surface area contributed by atoms with E-state index in [1.165, 1.54) is 16.7 Å². The number of benzene rings is 2. The van der Waals surface area contributed by atoms with Crippen LogP contribution in [0, 0.1) is 0 Å². The molecule has 0 spiro atoms. The van der Waals surface area contributed by atoms with Crippen LogP contribution in [0.5, 0.6) is 11.5 Å². The molecule has 0 bridgehead atoms. The molecule has 0 unspecified atom stereocenters. The Kier molecular flexibility index (Phi) is 5.46. The molecular formula is C18H14BrNO3S2. The van der Waals surface area contributed by atoms with Gasteiger partial charge in [0.05, 0.1) is 24.8 Å². The highest BCUT2D eigenvalue weighted by Crippen LogP contribution is 2.40. The summed E-state index contributed by atoms with van der Waals surface area (Å²) in [6.07, 6.45) is 1.79. The number of hydrogen-bond acceptors (Lipinski definition) is 5. The molecule has 1 amide bonds. The normalized spacial score (nSPS) is 15.8. The Labute approximate surface area is 163 Å². The number of anilines is 1. The first-order chi connectivity index (χ1) is 12.0. The van der Waals surface area contributed by atoms with E-state index in [4.69, 9.17) is 21.7 Å². The second kappa shape index (κ2) is 7.59. The van der Waals surface area contributed by atoms with Crippen molar-refractivity contribution in [3.8, 4) is 11.5 Å². The Morgan fingerprint density at radius 3 is 2.56 bits per heavy atom. The number of ether oxygens (including phenoxy) is 2. The lowest BCUT2D eigenvalue weighted by Crippen LogP contribution is -2.27. The molecular weight excluding hydrogens is 422 g/mol. The second-order valence-electron chi connectivity index (χ2n) is 5.08. The summed E-state index contributed by atoms with van der Waals surface area (Å²) in [4.78, 5) is 14.9. The van der Waals surface area contributed by atoms with Gasteiger partial charge in [-0.1, -0.05) is 52.0 Å². The van der Waals surface area contributed by atoms with E-state index in [0.717, 1.165) is 10.0 Å². The van der Waals surface area contributed by atoms with E-state index in [0.29, 0.717) is 26.4 Å². The van der Waals surface area contributed by atoms with Crippen LogP contribution < -0.4 is 14.4 Å². The summed E-state index contributed by atoms with van der Waals surface area (Å²) in [7, 11) is 3.17. The lowest BCUT2D eigenvalue weighted by molar-refractivity contribution is -0.113. The zero-order valence-corrected chi connectivity index (χ0v) is 16.7. The van der Waals surface area contributed by atoms with Gasteiger partial charge in [-0.15, -0.1) is 0 Å². The largest absolute Gasteiger partial charge is 0.496 e. The quantitative estimate of drug-likeness (QED) is 0.505. The van der Waals surface area contributed by atoms with Gasteiger partial charge in [0.15, 0.2) is 4.32 Å². The third-order valence-electron chi connectivity index (χ3n) is 3.60. The van der Waals surface area contributed by atoms with Crippen LogP contribution in [-0.2, 0) is 4.79 Å². The summed E-state index contributed by atoms with van der Waals surface area (Å²) in [5.74, 6) is 1.10. The Morgan fingerprint density at radius 2 is 1.84 bits per heavy atom. The van der Waals surface area contributed by atoms with Crippen molar-refractivity contribution in [3.05, 3.63) is 57.4 Å². The Morgan fingerprint density at radius 1 is 1.12 bits per heavy atom. The molecule has 1 aliphatic heterocycles. The highest BCUT2D eigenvalue weighted by Gasteiger charge is 2.35. The molecule has 0 atom stereocenters. The number of thiocarbonyl (C=S) groups is 1. The van der Waals surface area contributed by atoms with Crippen molar-refractivity contribution in [2.75, 3.05) is 19.1 Å². The highest BCUT2D eigenvalue weighted by molar-refractivity contribution is 9.10. The van der Waals surface area contributed by atoms with Gasteiger partial charge in [-0.25, -0.2) is 0 Å². The van der Waals surface area contributed by atoms with Crippen LogP contribution in [0.2, 0.25) is 0 Å². The van der Waals surface area contributed by atoms with Gasteiger partial charge < -0.3 is 9.47 Å². The van der Waals surface area contributed by atoms with Crippen molar-refractivity contribution in [3.63, 3.8) is 0 Å². The van der Waals surface area contributed by atoms with E-state index in [1.807, 2.05) is 36.4 Å². The summed E-state index contributed by atoms with van der Waals surface area (Å²) >= 11 is 10.1. The first-order valence-electron chi connectivity index (χ1n) is 7.29. The van der Waals surface area contributed by atoms with E-state index < -0.39 is 0 Å². The van der Waals surface area contributed by atoms with Crippen LogP contribution in [-0.4, -0.2) is 24.4 Å². The predicted molar refractivity (Wildman–Crippen MR) is 109 cm³/mol. The topological polar surface area (TPSA) is 38.8 Å². The van der Waals surface area contributed by atoms with Gasteiger partial charge >= 0.3 is 0 Å². The molecule has 1 heterocycles. The van der Waals surface area contributed by atoms with Crippen molar-refractivity contribution in [2.24, 2.45) is 0 Å². The van der Waals surface area contributed by atoms with Crippen LogP contribution in [0.4, 0.5) is 5.69 Å². The van der Waals surface area contributed by atoms with Gasteiger partial charge in [-0.3, -0.25) is 9.69 Å². The third kappa shape index (κ3) is 3.58. The first kappa shape index (κ1) is 18.0. The molecule has 2 aromatic carbocycles. The van der Waals surface area contributed by atoms with Crippen molar-refractivity contribution in [1.29, 1.82) is 0 Å². The van der Waals surface area contributed by atoms with Gasteiger partial charge in [0.2, 0.25) is 0 Å². The monoisotopic (exact) mass is 435 g/mol. The van der Waals surface area contributed by atoms with Crippen LogP contribution in [0.3, 0.4) is 0 Å². The highest BCUT2D eigenvalue weighted by atomic mass is 79.9. The molecule has 0 radical (unpaired) electrons. The van der Waals surface area contributed by atoms with Gasteiger partial charge in [-0.05, 0) is 36.4 Å². The smallest absolute Gasteiger partial charge is 0.270 e. The number of nitrogens with zero attached hydrogens (tertiary/aromatic N) is 1. The van der Waals surface area contributed by atoms with Gasteiger partial charge in [0, 0.05) is 10.0 Å². The average molecular weight is 436 g/mol. The molecule has 128 valence electrons. The van der Waals surface area contributed by atoms with E-state index in [9.17, 15) is 4.79 Å². The minimum atomic E-state index is -0.179. The average Bonchev–Trinajstić information content (AvgIpc) is 2.88. The van der Waals surface area contributed by atoms with Crippen LogP contribution in [0.15, 0.2) is 51.8 Å². The molecule has 1 saturated heterocycles. The molecule has 1 aliphatic rings. The molecule has 2 aromatic rings. The Bertz CT molecular complexity index is 882. The summed E-state index contributed by atoms with van der Waals surface area (Å²) < 4.78 is 12.1. The van der Waals surface area contributed by atoms with E-state index >= 15 is 0 Å². The molecule has 4 nitrogen and oxygen atoms in total. The van der Waals surface area contributed by atoms with E-state index in [-0.39, 0.29) is 5.91 Å². The van der Waals surface area contributed by atoms with E-state index in [1.54, 1.807) is 26.4 Å². The number of hydrogen-bond donors (Lipinski definition) is 0. The molecule has 0 aliphatic carbocycles. The fourth-order valence-electron chi connectivity index (χ4n) is 2.45. The Hall–Kier alpha value is -1.83. The summed E-state index contributed by atoms with van der Waals surface area (Å²) in [5.41, 5.74) is 1.44. The minimum Gasteiger partial charge on any atom is -0.496 e. The molecule has 0 aromatic heterocycles. The van der Waals surface area contributed by atoms with Crippen molar-refractivity contribution < 1.29 is 14.3 Å². The number of methoxy groups -OCH3 is 2. The molecule has 3 rings (SSSR count). The van der Waals surface area contributed by atoms with Crippen LogP contribution >= 0.6 is 39.9 Å². The summed E-state index contributed by atoms with van der Waals surface area (Å²) in [6, 6.07) is 12.9. The number of carbonyl (C=O) groups excluding carboxylic acids is 1. The summed E-state index contributed by atoms with van der Waals surface area (Å²) in [6.45, 7) is 0. The van der Waals surface area contributed by atoms with Gasteiger partial charge in [0.1, 0.15) is 11.5 Å². The van der Waals surface area contributed by atoms with Gasteiger partial charge in [-0.2, -0.15) is 0 Å². The van der Waals surface area contributed by atoms with Crippen LogP contribution in [0.25, 0.3) is 6.08 Å². The maximum atomic E-state index is 12.9. The fraction of sp³-hybridized carbons (Fsp3) is 0.111. The first-order valence-corrected chi connectivity index (χ1v) is 9.31. The van der Waals surface area contributed by atoms with Crippen molar-refractivity contribution >= 4 is 61.9 Å². The SMILES string of the molecule is COc1ccc(Br)cc1/C=C1/SC(=S)N(c2ccccc2OC)C1=O. The fourth-order valence-corrected chi connectivity index (χ4v) is 4.10. The summed E-state index contributed by atoms with van der Waals surface area (Å²) in [5, 5.41) is 0. The van der Waals surface area contributed by atoms with Crippen molar-refractivity contribution in [2.45, 2.75) is 0 Å². The number of rotatable bonds is 4. The number of para-hydroxylation sites is 2. The molecule has 7 heteroatoms. The van der Waals surface area contributed by atoms with Gasteiger partial charge in [0.25, 0.3) is 5.91 Å². The number of carbonyl (C=O) groups is 1. The van der Waals surface area contributed by atoms with E-state index in [2.05, 4.69) is 15.9 Å². The molecule has 0 saturated carbocycles. The van der Waals surface area contributed by atoms with Crippen LogP contribution in [0.1, 0.15) is 5.56 Å². The molecule has 25 heavy (non-hydrogen) atoms. The maximum Gasteiger partial charge on any atom is 0.270 e. The third-order valence-corrected chi connectivity index (χ3v) is 5.39. The lowest BCUT2D eigenvalue weighted by Gasteiger charge is -2.17. The molecule has 1 fully saturated rings. The lowest BCUT2D eigenvalue weighted by atomic mass is 10.2. The number of thioether (sulfide) groups is 1.